The van der Waals surface area contributed by atoms with Crippen LogP contribution in [0.2, 0.25) is 5.02 Å². The Morgan fingerprint density at radius 1 is 1.12 bits per heavy atom. The van der Waals surface area contributed by atoms with Crippen molar-refractivity contribution in [2.24, 2.45) is 0 Å². The summed E-state index contributed by atoms with van der Waals surface area (Å²) in [6.07, 6.45) is 0. The third-order valence-electron chi connectivity index (χ3n) is 3.82. The zero-order valence-electron chi connectivity index (χ0n) is 13.5. The number of benzene rings is 2. The number of nitrogens with zero attached hydrogens (tertiary/aromatic N) is 3. The fourth-order valence-electron chi connectivity index (χ4n) is 2.52. The lowest BCUT2D eigenvalue weighted by Crippen LogP contribution is -2.16. The van der Waals surface area contributed by atoms with Crippen LogP contribution in [0.4, 0.5) is 5.69 Å². The molecule has 3 N–H and O–H groups in total. The van der Waals surface area contributed by atoms with E-state index in [0.29, 0.717) is 28.0 Å². The Bertz CT molecular complexity index is 1140. The van der Waals surface area contributed by atoms with Gasteiger partial charge in [0, 0.05) is 11.6 Å². The summed E-state index contributed by atoms with van der Waals surface area (Å²) in [5.41, 5.74) is 7.25. The van der Waals surface area contributed by atoms with Crippen LogP contribution in [0.1, 0.15) is 5.69 Å². The van der Waals surface area contributed by atoms with Crippen molar-refractivity contribution < 1.29 is 4.74 Å². The second-order valence-electron chi connectivity index (χ2n) is 5.60. The zero-order chi connectivity index (χ0) is 18.1. The minimum Gasteiger partial charge on any atom is -0.485 e. The highest BCUT2D eigenvalue weighted by molar-refractivity contribution is 6.33. The minimum absolute atomic E-state index is 0.0732. The maximum Gasteiger partial charge on any atom is 0.274 e. The quantitative estimate of drug-likeness (QED) is 0.540. The largest absolute Gasteiger partial charge is 0.485 e. The summed E-state index contributed by atoms with van der Waals surface area (Å²) in [4.78, 5) is 21.1. The maximum absolute atomic E-state index is 12.3. The Kier molecular flexibility index (Phi) is 4.06. The van der Waals surface area contributed by atoms with E-state index in [1.807, 2.05) is 30.3 Å². The number of nitrogens with two attached hydrogens (primary N) is 1. The van der Waals surface area contributed by atoms with Gasteiger partial charge in [-0.1, -0.05) is 48.0 Å². The van der Waals surface area contributed by atoms with E-state index in [1.165, 1.54) is 10.6 Å². The van der Waals surface area contributed by atoms with Gasteiger partial charge in [0.1, 0.15) is 12.4 Å². The van der Waals surface area contributed by atoms with Crippen LogP contribution in [0.5, 0.6) is 5.75 Å². The monoisotopic (exact) mass is 367 g/mol. The number of para-hydroxylation sites is 1. The number of H-pyrrole nitrogens is 1. The van der Waals surface area contributed by atoms with Gasteiger partial charge >= 0.3 is 0 Å². The summed E-state index contributed by atoms with van der Waals surface area (Å²) in [7, 11) is 0. The van der Waals surface area contributed by atoms with E-state index >= 15 is 0 Å². The first kappa shape index (κ1) is 16.2. The second-order valence-corrected chi connectivity index (χ2v) is 6.01. The number of ether oxygens (including phenoxy) is 1. The van der Waals surface area contributed by atoms with Gasteiger partial charge in [-0.05, 0) is 12.1 Å². The first-order valence-corrected chi connectivity index (χ1v) is 8.20. The number of aromatic nitrogens is 4. The summed E-state index contributed by atoms with van der Waals surface area (Å²) in [5.74, 6) is 1.27. The van der Waals surface area contributed by atoms with Crippen LogP contribution in [0.15, 0.2) is 59.4 Å². The molecular weight excluding hydrogens is 354 g/mol. The summed E-state index contributed by atoms with van der Waals surface area (Å²) >= 11 is 5.97. The van der Waals surface area contributed by atoms with Crippen LogP contribution in [0.3, 0.4) is 0 Å². The molecule has 0 atom stereocenters. The lowest BCUT2D eigenvalue weighted by molar-refractivity contribution is 0.303. The van der Waals surface area contributed by atoms with Crippen molar-refractivity contribution in [3.63, 3.8) is 0 Å². The number of aromatic amines is 1. The van der Waals surface area contributed by atoms with Gasteiger partial charge in [0.05, 0.1) is 16.4 Å². The van der Waals surface area contributed by atoms with E-state index in [4.69, 9.17) is 22.1 Å². The van der Waals surface area contributed by atoms with Crippen LogP contribution in [0.25, 0.3) is 17.2 Å². The second kappa shape index (κ2) is 6.53. The SMILES string of the molecule is Nc1c(Cl)cccc1OCc1cc(=O)n2[nH]c(-c3ccccc3)nc2n1. The lowest BCUT2D eigenvalue weighted by atomic mass is 10.2. The Morgan fingerprint density at radius 3 is 2.73 bits per heavy atom. The van der Waals surface area contributed by atoms with Gasteiger partial charge in [-0.25, -0.2) is 4.98 Å². The number of anilines is 1. The number of hydrogen-bond donors (Lipinski definition) is 2. The molecule has 4 aromatic rings. The topological polar surface area (TPSA) is 98.3 Å². The molecule has 0 amide bonds. The highest BCUT2D eigenvalue weighted by atomic mass is 35.5. The molecule has 7 nitrogen and oxygen atoms in total. The third-order valence-corrected chi connectivity index (χ3v) is 4.15. The van der Waals surface area contributed by atoms with Gasteiger partial charge in [-0.15, -0.1) is 0 Å². The lowest BCUT2D eigenvalue weighted by Gasteiger charge is -2.09. The molecule has 130 valence electrons. The Balaban J connectivity index is 1.65. The van der Waals surface area contributed by atoms with Crippen LogP contribution >= 0.6 is 11.6 Å². The predicted octanol–water partition coefficient (Wildman–Crippen LogP) is 2.90. The molecule has 0 radical (unpaired) electrons. The van der Waals surface area contributed by atoms with E-state index in [1.54, 1.807) is 18.2 Å². The predicted molar refractivity (Wildman–Crippen MR) is 99.2 cm³/mol. The van der Waals surface area contributed by atoms with Crippen molar-refractivity contribution in [3.8, 4) is 17.1 Å². The molecular formula is C18H14ClN5O2. The van der Waals surface area contributed by atoms with Gasteiger partial charge in [0.2, 0.25) is 0 Å². The molecule has 0 bridgehead atoms. The number of hydrogen-bond acceptors (Lipinski definition) is 5. The molecule has 8 heteroatoms. The summed E-state index contributed by atoms with van der Waals surface area (Å²) in [6, 6.07) is 16.0. The molecule has 0 aliphatic carbocycles. The van der Waals surface area contributed by atoms with Crippen molar-refractivity contribution in [2.75, 3.05) is 5.73 Å². The summed E-state index contributed by atoms with van der Waals surface area (Å²) in [6.45, 7) is 0.0732. The summed E-state index contributed by atoms with van der Waals surface area (Å²) < 4.78 is 6.93. The van der Waals surface area contributed by atoms with E-state index in [0.717, 1.165) is 5.56 Å². The van der Waals surface area contributed by atoms with Gasteiger partial charge in [-0.3, -0.25) is 9.89 Å². The minimum atomic E-state index is -0.276. The van der Waals surface area contributed by atoms with E-state index in [-0.39, 0.29) is 17.9 Å². The standard InChI is InChI=1S/C18H14ClN5O2/c19-13-7-4-8-14(16(13)20)26-10-12-9-15(25)24-18(21-12)22-17(23-24)11-5-2-1-3-6-11/h1-9H,10,20H2,(H,21,22,23). The molecule has 0 fully saturated rings. The van der Waals surface area contributed by atoms with Gasteiger partial charge in [0.25, 0.3) is 11.3 Å². The fourth-order valence-corrected chi connectivity index (χ4v) is 2.69. The van der Waals surface area contributed by atoms with Crippen LogP contribution in [-0.2, 0) is 6.61 Å². The van der Waals surface area contributed by atoms with E-state index in [2.05, 4.69) is 15.1 Å². The van der Waals surface area contributed by atoms with Crippen molar-refractivity contribution in [2.45, 2.75) is 6.61 Å². The first-order chi connectivity index (χ1) is 12.6. The molecule has 2 aromatic heterocycles. The molecule has 0 unspecified atom stereocenters. The van der Waals surface area contributed by atoms with Crippen molar-refractivity contribution in [3.05, 3.63) is 75.7 Å². The normalized spacial score (nSPS) is 11.0. The molecule has 0 saturated carbocycles. The molecule has 2 heterocycles. The Morgan fingerprint density at radius 2 is 1.92 bits per heavy atom. The number of fused-ring (bicyclic) bond motifs is 1. The third kappa shape index (κ3) is 3.00. The number of nitrogens with one attached hydrogen (secondary N) is 1. The molecule has 0 aliphatic rings. The molecule has 2 aromatic carbocycles. The summed E-state index contributed by atoms with van der Waals surface area (Å²) in [5, 5.41) is 3.36. The average Bonchev–Trinajstić information content (AvgIpc) is 3.08. The Hall–Kier alpha value is -3.32. The maximum atomic E-state index is 12.3. The van der Waals surface area contributed by atoms with Gasteiger partial charge < -0.3 is 10.5 Å². The number of nitrogen functional groups attached to an aromatic ring is 1. The van der Waals surface area contributed by atoms with Crippen molar-refractivity contribution >= 4 is 23.1 Å². The van der Waals surface area contributed by atoms with Crippen LogP contribution in [-0.4, -0.2) is 19.6 Å². The first-order valence-electron chi connectivity index (χ1n) is 7.83. The molecule has 26 heavy (non-hydrogen) atoms. The fraction of sp³-hybridized carbons (Fsp3) is 0.0556. The van der Waals surface area contributed by atoms with Gasteiger partial charge in [-0.2, -0.15) is 9.50 Å². The zero-order valence-corrected chi connectivity index (χ0v) is 14.3. The molecule has 0 spiro atoms. The van der Waals surface area contributed by atoms with Crippen molar-refractivity contribution in [1.29, 1.82) is 0 Å². The number of halogens is 1. The Labute approximate surface area is 153 Å². The highest BCUT2D eigenvalue weighted by Crippen LogP contribution is 2.29. The molecule has 0 saturated heterocycles. The van der Waals surface area contributed by atoms with E-state index < -0.39 is 0 Å². The van der Waals surface area contributed by atoms with Crippen LogP contribution in [0, 0.1) is 0 Å². The van der Waals surface area contributed by atoms with Crippen LogP contribution < -0.4 is 16.0 Å². The van der Waals surface area contributed by atoms with Gasteiger partial charge in [0.15, 0.2) is 5.82 Å². The average molecular weight is 368 g/mol. The highest BCUT2D eigenvalue weighted by Gasteiger charge is 2.11. The molecule has 0 aliphatic heterocycles. The van der Waals surface area contributed by atoms with Crippen molar-refractivity contribution in [1.82, 2.24) is 19.6 Å². The number of rotatable bonds is 4. The molecule has 4 rings (SSSR count). The van der Waals surface area contributed by atoms with E-state index in [9.17, 15) is 4.79 Å². The smallest absolute Gasteiger partial charge is 0.274 e.